The highest BCUT2D eigenvalue weighted by molar-refractivity contribution is 5.97. The first-order chi connectivity index (χ1) is 8.06. The first kappa shape index (κ1) is 13.4. The lowest BCUT2D eigenvalue weighted by Gasteiger charge is -2.13. The van der Waals surface area contributed by atoms with E-state index < -0.39 is 5.82 Å². The summed E-state index contributed by atoms with van der Waals surface area (Å²) in [4.78, 5) is 11.7. The van der Waals surface area contributed by atoms with E-state index in [1.54, 1.807) is 6.92 Å². The average Bonchev–Trinajstić information content (AvgIpc) is 2.31. The van der Waals surface area contributed by atoms with Gasteiger partial charge in [0, 0.05) is 6.42 Å². The van der Waals surface area contributed by atoms with Crippen LogP contribution in [-0.4, -0.2) is 26.5 Å². The van der Waals surface area contributed by atoms with Gasteiger partial charge in [0.25, 0.3) is 0 Å². The third-order valence-electron chi connectivity index (χ3n) is 2.44. The molecule has 1 rings (SSSR count). The molecule has 0 aliphatic carbocycles. The second-order valence-corrected chi connectivity index (χ2v) is 3.58. The van der Waals surface area contributed by atoms with Crippen molar-refractivity contribution in [1.82, 2.24) is 0 Å². The molecule has 0 amide bonds. The highest BCUT2D eigenvalue weighted by Crippen LogP contribution is 2.35. The summed E-state index contributed by atoms with van der Waals surface area (Å²) in [7, 11) is 2.75. The molecule has 0 heterocycles. The number of halogens is 1. The Morgan fingerprint density at radius 3 is 2.41 bits per heavy atom. The van der Waals surface area contributed by atoms with Gasteiger partial charge in [0.1, 0.15) is 0 Å². The van der Waals surface area contributed by atoms with Gasteiger partial charge in [0.05, 0.1) is 19.8 Å². The zero-order chi connectivity index (χ0) is 13.0. The van der Waals surface area contributed by atoms with Crippen molar-refractivity contribution in [2.24, 2.45) is 5.73 Å². The zero-order valence-corrected chi connectivity index (χ0v) is 10.2. The standard InChI is InChI=1S/C12H16FNO3/c1-7-6-8(9(15)4-5-14)10(13)12(17-3)11(7)16-2/h6H,4-5,14H2,1-3H3. The maximum Gasteiger partial charge on any atom is 0.197 e. The summed E-state index contributed by atoms with van der Waals surface area (Å²) in [6, 6.07) is 1.45. The van der Waals surface area contributed by atoms with Crippen LogP contribution in [0.25, 0.3) is 0 Å². The topological polar surface area (TPSA) is 61.5 Å². The van der Waals surface area contributed by atoms with E-state index in [4.69, 9.17) is 15.2 Å². The van der Waals surface area contributed by atoms with Gasteiger partial charge in [0.15, 0.2) is 23.1 Å². The van der Waals surface area contributed by atoms with Crippen molar-refractivity contribution < 1.29 is 18.7 Å². The molecule has 2 N–H and O–H groups in total. The molecule has 17 heavy (non-hydrogen) atoms. The number of hydrogen-bond donors (Lipinski definition) is 1. The van der Waals surface area contributed by atoms with Crippen LogP contribution in [-0.2, 0) is 0 Å². The van der Waals surface area contributed by atoms with E-state index in [1.165, 1.54) is 20.3 Å². The van der Waals surface area contributed by atoms with Crippen molar-refractivity contribution in [3.63, 3.8) is 0 Å². The molecule has 0 unspecified atom stereocenters. The van der Waals surface area contributed by atoms with Gasteiger partial charge in [-0.05, 0) is 25.1 Å². The molecule has 0 bridgehead atoms. The number of methoxy groups -OCH3 is 2. The number of hydrogen-bond acceptors (Lipinski definition) is 4. The van der Waals surface area contributed by atoms with E-state index in [-0.39, 0.29) is 30.1 Å². The number of rotatable bonds is 5. The lowest BCUT2D eigenvalue weighted by Crippen LogP contribution is -2.11. The molecule has 0 atom stereocenters. The van der Waals surface area contributed by atoms with Crippen molar-refractivity contribution >= 4 is 5.78 Å². The van der Waals surface area contributed by atoms with Crippen LogP contribution in [0.2, 0.25) is 0 Å². The Bertz CT molecular complexity index is 432. The summed E-state index contributed by atoms with van der Waals surface area (Å²) < 4.78 is 24.0. The Labute approximate surface area is 99.5 Å². The maximum atomic E-state index is 14.0. The molecule has 0 saturated carbocycles. The minimum absolute atomic E-state index is 0.00870. The summed E-state index contributed by atoms with van der Waals surface area (Å²) in [5, 5.41) is 0. The molecular formula is C12H16FNO3. The largest absolute Gasteiger partial charge is 0.492 e. The van der Waals surface area contributed by atoms with Crippen LogP contribution in [0.15, 0.2) is 6.07 Å². The molecule has 0 aromatic heterocycles. The number of ketones is 1. The van der Waals surface area contributed by atoms with Crippen molar-refractivity contribution in [3.05, 3.63) is 23.0 Å². The fourth-order valence-electron chi connectivity index (χ4n) is 1.65. The van der Waals surface area contributed by atoms with E-state index in [0.717, 1.165) is 0 Å². The SMILES string of the molecule is COc1c(C)cc(C(=O)CCN)c(F)c1OC. The minimum atomic E-state index is -0.701. The Hall–Kier alpha value is -1.62. The summed E-state index contributed by atoms with van der Waals surface area (Å²) in [5.41, 5.74) is 5.92. The van der Waals surface area contributed by atoms with Gasteiger partial charge in [-0.15, -0.1) is 0 Å². The molecule has 0 radical (unpaired) electrons. The van der Waals surface area contributed by atoms with Crippen LogP contribution in [0.3, 0.4) is 0 Å². The summed E-state index contributed by atoms with van der Waals surface area (Å²) in [6.45, 7) is 1.91. The van der Waals surface area contributed by atoms with Crippen LogP contribution in [0.4, 0.5) is 4.39 Å². The molecule has 0 aliphatic heterocycles. The number of carbonyl (C=O) groups excluding carboxylic acids is 1. The lowest BCUT2D eigenvalue weighted by molar-refractivity contribution is 0.0980. The third-order valence-corrected chi connectivity index (χ3v) is 2.44. The van der Waals surface area contributed by atoms with Gasteiger partial charge in [-0.3, -0.25) is 4.79 Å². The van der Waals surface area contributed by atoms with Gasteiger partial charge in [-0.25, -0.2) is 4.39 Å². The molecule has 5 heteroatoms. The van der Waals surface area contributed by atoms with Crippen LogP contribution in [0, 0.1) is 12.7 Å². The molecular weight excluding hydrogens is 225 g/mol. The number of Topliss-reactive ketones (excluding diaryl/α,β-unsaturated/α-hetero) is 1. The summed E-state index contributed by atoms with van der Waals surface area (Å²) in [5.74, 6) is -0.787. The van der Waals surface area contributed by atoms with Gasteiger partial charge in [-0.1, -0.05) is 0 Å². The van der Waals surface area contributed by atoms with Crippen LogP contribution >= 0.6 is 0 Å². The third kappa shape index (κ3) is 2.55. The number of nitrogens with two attached hydrogens (primary N) is 1. The van der Waals surface area contributed by atoms with E-state index in [0.29, 0.717) is 11.3 Å². The van der Waals surface area contributed by atoms with Gasteiger partial charge < -0.3 is 15.2 Å². The van der Waals surface area contributed by atoms with Crippen LogP contribution in [0.5, 0.6) is 11.5 Å². The monoisotopic (exact) mass is 241 g/mol. The first-order valence-electron chi connectivity index (χ1n) is 5.21. The number of ether oxygens (including phenoxy) is 2. The highest BCUT2D eigenvalue weighted by Gasteiger charge is 2.21. The minimum Gasteiger partial charge on any atom is -0.492 e. The second kappa shape index (κ2) is 5.63. The van der Waals surface area contributed by atoms with Crippen LogP contribution < -0.4 is 15.2 Å². The zero-order valence-electron chi connectivity index (χ0n) is 10.2. The number of aryl methyl sites for hydroxylation is 1. The quantitative estimate of drug-likeness (QED) is 0.797. The Kier molecular flexibility index (Phi) is 4.45. The average molecular weight is 241 g/mol. The molecule has 0 fully saturated rings. The molecule has 4 nitrogen and oxygen atoms in total. The normalized spacial score (nSPS) is 10.2. The predicted octanol–water partition coefficient (Wildman–Crippen LogP) is 1.68. The number of benzene rings is 1. The summed E-state index contributed by atoms with van der Waals surface area (Å²) >= 11 is 0. The van der Waals surface area contributed by atoms with E-state index in [1.807, 2.05) is 0 Å². The first-order valence-corrected chi connectivity index (χ1v) is 5.21. The lowest BCUT2D eigenvalue weighted by atomic mass is 10.0. The smallest absolute Gasteiger partial charge is 0.197 e. The molecule has 0 spiro atoms. The highest BCUT2D eigenvalue weighted by atomic mass is 19.1. The van der Waals surface area contributed by atoms with Crippen molar-refractivity contribution in [2.45, 2.75) is 13.3 Å². The molecule has 94 valence electrons. The van der Waals surface area contributed by atoms with Gasteiger partial charge in [-0.2, -0.15) is 0 Å². The fraction of sp³-hybridized carbons (Fsp3) is 0.417. The van der Waals surface area contributed by atoms with Crippen molar-refractivity contribution in [3.8, 4) is 11.5 Å². The maximum absolute atomic E-state index is 14.0. The van der Waals surface area contributed by atoms with E-state index in [9.17, 15) is 9.18 Å². The van der Waals surface area contributed by atoms with Crippen molar-refractivity contribution in [2.75, 3.05) is 20.8 Å². The van der Waals surface area contributed by atoms with Crippen LogP contribution in [0.1, 0.15) is 22.3 Å². The Balaban J connectivity index is 3.35. The van der Waals surface area contributed by atoms with E-state index >= 15 is 0 Å². The van der Waals surface area contributed by atoms with Gasteiger partial charge in [0.2, 0.25) is 0 Å². The predicted molar refractivity (Wildman–Crippen MR) is 62.2 cm³/mol. The Morgan fingerprint density at radius 1 is 1.35 bits per heavy atom. The van der Waals surface area contributed by atoms with E-state index in [2.05, 4.69) is 0 Å². The molecule has 0 aliphatic rings. The molecule has 1 aromatic carbocycles. The molecule has 1 aromatic rings. The Morgan fingerprint density at radius 2 is 1.94 bits per heavy atom. The molecule has 0 saturated heterocycles. The summed E-state index contributed by atoms with van der Waals surface area (Å²) in [6.07, 6.45) is 0.103. The van der Waals surface area contributed by atoms with Crippen molar-refractivity contribution in [1.29, 1.82) is 0 Å². The second-order valence-electron chi connectivity index (χ2n) is 3.58. The number of carbonyl (C=O) groups is 1. The van der Waals surface area contributed by atoms with Gasteiger partial charge >= 0.3 is 0 Å². The fourth-order valence-corrected chi connectivity index (χ4v) is 1.65.